The van der Waals surface area contributed by atoms with Crippen molar-refractivity contribution < 1.29 is 4.79 Å². The number of nitrogens with zero attached hydrogens (tertiary/aromatic N) is 4. The number of hydrogen-bond acceptors (Lipinski definition) is 4. The second-order valence-corrected chi connectivity index (χ2v) is 6.21. The summed E-state index contributed by atoms with van der Waals surface area (Å²) in [6, 6.07) is 7.57. The first kappa shape index (κ1) is 15.6. The maximum atomic E-state index is 12.5. The van der Waals surface area contributed by atoms with Gasteiger partial charge < -0.3 is 10.2 Å². The average Bonchev–Trinajstić information content (AvgIpc) is 2.85. The minimum absolute atomic E-state index is 0.277. The highest BCUT2D eigenvalue weighted by molar-refractivity contribution is 9.10. The van der Waals surface area contributed by atoms with E-state index in [1.165, 1.54) is 0 Å². The predicted octanol–water partition coefficient (Wildman–Crippen LogP) is 2.81. The van der Waals surface area contributed by atoms with E-state index in [-0.39, 0.29) is 5.91 Å². The molecule has 118 valence electrons. The van der Waals surface area contributed by atoms with Gasteiger partial charge >= 0.3 is 0 Å². The first-order valence-corrected chi connectivity index (χ1v) is 7.86. The number of anilines is 1. The van der Waals surface area contributed by atoms with Crippen LogP contribution >= 0.6 is 15.9 Å². The Kier molecular flexibility index (Phi) is 4.40. The molecule has 0 saturated carbocycles. The zero-order valence-corrected chi connectivity index (χ0v) is 14.4. The maximum absolute atomic E-state index is 12.5. The first-order valence-electron chi connectivity index (χ1n) is 7.07. The second kappa shape index (κ2) is 6.47. The van der Waals surface area contributed by atoms with Crippen molar-refractivity contribution in [2.45, 2.75) is 6.54 Å². The molecule has 3 heterocycles. The quantitative estimate of drug-likeness (QED) is 0.763. The van der Waals surface area contributed by atoms with E-state index in [0.29, 0.717) is 16.1 Å². The van der Waals surface area contributed by atoms with Crippen molar-refractivity contribution in [3.05, 3.63) is 58.8 Å². The summed E-state index contributed by atoms with van der Waals surface area (Å²) in [6.45, 7) is 0.758. The molecule has 3 aromatic rings. The molecule has 1 N–H and O–H groups in total. The molecule has 3 rings (SSSR count). The van der Waals surface area contributed by atoms with Gasteiger partial charge in [-0.1, -0.05) is 6.07 Å². The van der Waals surface area contributed by atoms with Crippen molar-refractivity contribution in [2.24, 2.45) is 0 Å². The van der Waals surface area contributed by atoms with E-state index in [0.717, 1.165) is 17.6 Å². The Morgan fingerprint density at radius 3 is 2.96 bits per heavy atom. The molecule has 0 saturated heterocycles. The predicted molar refractivity (Wildman–Crippen MR) is 92.5 cm³/mol. The van der Waals surface area contributed by atoms with Crippen LogP contribution < -0.4 is 5.32 Å². The van der Waals surface area contributed by atoms with Gasteiger partial charge in [-0.15, -0.1) is 0 Å². The molecule has 0 unspecified atom stereocenters. The Balaban J connectivity index is 1.86. The molecule has 3 aromatic heterocycles. The number of carbonyl (C=O) groups is 1. The van der Waals surface area contributed by atoms with Gasteiger partial charge in [0.25, 0.3) is 5.91 Å². The van der Waals surface area contributed by atoms with Crippen molar-refractivity contribution >= 4 is 33.0 Å². The zero-order valence-electron chi connectivity index (χ0n) is 12.8. The number of aromatic nitrogens is 3. The normalized spacial score (nSPS) is 11.1. The summed E-state index contributed by atoms with van der Waals surface area (Å²) in [7, 11) is 3.97. The SMILES string of the molecule is CN(C)Cc1cncc(NC(=O)c2nc(Br)c3ccccn23)c1. The molecular formula is C16H16BrN5O. The molecule has 0 atom stereocenters. The number of halogens is 1. The van der Waals surface area contributed by atoms with Crippen LogP contribution in [-0.4, -0.2) is 39.3 Å². The lowest BCUT2D eigenvalue weighted by Gasteiger charge is -2.10. The summed E-state index contributed by atoms with van der Waals surface area (Å²) >= 11 is 3.38. The van der Waals surface area contributed by atoms with E-state index in [1.807, 2.05) is 49.5 Å². The third kappa shape index (κ3) is 3.40. The molecule has 0 aliphatic heterocycles. The Bertz CT molecular complexity index is 859. The lowest BCUT2D eigenvalue weighted by atomic mass is 10.2. The van der Waals surface area contributed by atoms with Crippen LogP contribution in [0.4, 0.5) is 5.69 Å². The molecule has 0 radical (unpaired) electrons. The van der Waals surface area contributed by atoms with Gasteiger partial charge in [0.05, 0.1) is 17.4 Å². The number of amides is 1. The number of hydrogen-bond donors (Lipinski definition) is 1. The smallest absolute Gasteiger partial charge is 0.292 e. The van der Waals surface area contributed by atoms with E-state index in [9.17, 15) is 4.79 Å². The Labute approximate surface area is 142 Å². The molecule has 1 amide bonds. The number of pyridine rings is 2. The molecule has 6 nitrogen and oxygen atoms in total. The van der Waals surface area contributed by atoms with Crippen LogP contribution in [0, 0.1) is 0 Å². The highest BCUT2D eigenvalue weighted by Gasteiger charge is 2.16. The van der Waals surface area contributed by atoms with Gasteiger partial charge in [-0.05, 0) is 53.8 Å². The number of fused-ring (bicyclic) bond motifs is 1. The van der Waals surface area contributed by atoms with E-state index in [2.05, 4.69) is 31.2 Å². The van der Waals surface area contributed by atoms with Crippen LogP contribution in [0.2, 0.25) is 0 Å². The summed E-state index contributed by atoms with van der Waals surface area (Å²) in [6.07, 6.45) is 5.22. The minimum Gasteiger partial charge on any atom is -0.318 e. The third-order valence-electron chi connectivity index (χ3n) is 3.26. The molecule has 23 heavy (non-hydrogen) atoms. The Morgan fingerprint density at radius 2 is 2.17 bits per heavy atom. The largest absolute Gasteiger partial charge is 0.318 e. The lowest BCUT2D eigenvalue weighted by Crippen LogP contribution is -2.16. The fourth-order valence-corrected chi connectivity index (χ4v) is 2.85. The van der Waals surface area contributed by atoms with E-state index in [1.54, 1.807) is 16.8 Å². The average molecular weight is 374 g/mol. The standard InChI is InChI=1S/C16H16BrN5O/c1-21(2)10-11-7-12(9-18-8-11)19-16(23)15-20-14(17)13-5-3-4-6-22(13)15/h3-9H,10H2,1-2H3,(H,19,23). The topological polar surface area (TPSA) is 62.5 Å². The second-order valence-electron chi connectivity index (χ2n) is 5.46. The van der Waals surface area contributed by atoms with Crippen molar-refractivity contribution in [2.75, 3.05) is 19.4 Å². The van der Waals surface area contributed by atoms with Crippen LogP contribution in [0.25, 0.3) is 5.52 Å². The number of nitrogens with one attached hydrogen (secondary N) is 1. The van der Waals surface area contributed by atoms with Crippen molar-refractivity contribution in [3.8, 4) is 0 Å². The maximum Gasteiger partial charge on any atom is 0.292 e. The van der Waals surface area contributed by atoms with Crippen molar-refractivity contribution in [1.82, 2.24) is 19.3 Å². The molecule has 0 spiro atoms. The highest BCUT2D eigenvalue weighted by Crippen LogP contribution is 2.19. The van der Waals surface area contributed by atoms with E-state index >= 15 is 0 Å². The highest BCUT2D eigenvalue weighted by atomic mass is 79.9. The van der Waals surface area contributed by atoms with Crippen LogP contribution in [0.3, 0.4) is 0 Å². The van der Waals surface area contributed by atoms with Gasteiger partial charge in [0, 0.05) is 18.9 Å². The van der Waals surface area contributed by atoms with Gasteiger partial charge in [0.1, 0.15) is 4.60 Å². The fraction of sp³-hybridized carbons (Fsp3) is 0.188. The molecule has 0 aromatic carbocycles. The minimum atomic E-state index is -0.277. The van der Waals surface area contributed by atoms with Crippen LogP contribution in [0.5, 0.6) is 0 Å². The van der Waals surface area contributed by atoms with Crippen LogP contribution in [0.15, 0.2) is 47.5 Å². The summed E-state index contributed by atoms with van der Waals surface area (Å²) in [5.41, 5.74) is 2.53. The summed E-state index contributed by atoms with van der Waals surface area (Å²) in [4.78, 5) is 23.0. The first-order chi connectivity index (χ1) is 11.0. The Morgan fingerprint density at radius 1 is 1.35 bits per heavy atom. The van der Waals surface area contributed by atoms with Crippen molar-refractivity contribution in [1.29, 1.82) is 0 Å². The molecule has 0 bridgehead atoms. The van der Waals surface area contributed by atoms with Gasteiger partial charge in [0.2, 0.25) is 5.82 Å². The number of carbonyl (C=O) groups excluding carboxylic acids is 1. The molecule has 7 heteroatoms. The molecule has 0 aliphatic rings. The summed E-state index contributed by atoms with van der Waals surface area (Å²) in [5, 5.41) is 2.85. The van der Waals surface area contributed by atoms with Crippen molar-refractivity contribution in [3.63, 3.8) is 0 Å². The monoisotopic (exact) mass is 373 g/mol. The number of rotatable bonds is 4. The molecular weight excluding hydrogens is 358 g/mol. The van der Waals surface area contributed by atoms with Crippen LogP contribution in [-0.2, 0) is 6.54 Å². The number of imidazole rings is 1. The third-order valence-corrected chi connectivity index (χ3v) is 3.84. The van der Waals surface area contributed by atoms with Crippen LogP contribution in [0.1, 0.15) is 16.2 Å². The zero-order chi connectivity index (χ0) is 16.4. The van der Waals surface area contributed by atoms with Gasteiger partial charge in [-0.3, -0.25) is 14.2 Å². The van der Waals surface area contributed by atoms with Gasteiger partial charge in [-0.25, -0.2) is 4.98 Å². The van der Waals surface area contributed by atoms with E-state index in [4.69, 9.17) is 0 Å². The molecule has 0 fully saturated rings. The lowest BCUT2D eigenvalue weighted by molar-refractivity contribution is 0.101. The fourth-order valence-electron chi connectivity index (χ4n) is 2.35. The summed E-state index contributed by atoms with van der Waals surface area (Å²) < 4.78 is 2.39. The Hall–Kier alpha value is -2.25. The van der Waals surface area contributed by atoms with Gasteiger partial charge in [-0.2, -0.15) is 0 Å². The summed E-state index contributed by atoms with van der Waals surface area (Å²) in [5.74, 6) is 0.0474. The molecule has 0 aliphatic carbocycles. The van der Waals surface area contributed by atoms with Gasteiger partial charge in [0.15, 0.2) is 0 Å². The van der Waals surface area contributed by atoms with E-state index < -0.39 is 0 Å².